The van der Waals surface area contributed by atoms with Crippen LogP contribution in [0.2, 0.25) is 0 Å². The Bertz CT molecular complexity index is 395. The minimum atomic E-state index is 0. The first-order chi connectivity index (χ1) is 6.00. The van der Waals surface area contributed by atoms with E-state index in [0.29, 0.717) is 3.17 Å². The molecule has 0 spiro atoms. The topological polar surface area (TPSA) is 0 Å². The quantitative estimate of drug-likeness (QED) is 0.571. The summed E-state index contributed by atoms with van der Waals surface area (Å²) in [6, 6.07) is 4.67. The van der Waals surface area contributed by atoms with E-state index in [4.69, 9.17) is 0 Å². The zero-order chi connectivity index (χ0) is 9.64. The van der Waals surface area contributed by atoms with E-state index < -0.39 is 0 Å². The number of fused-ring (bicyclic) bond motifs is 1. The zero-order valence-electron chi connectivity index (χ0n) is 9.13. The van der Waals surface area contributed by atoms with Crippen LogP contribution in [0.15, 0.2) is 18.2 Å². The van der Waals surface area contributed by atoms with Gasteiger partial charge in [0.25, 0.3) is 0 Å². The van der Waals surface area contributed by atoms with Crippen LogP contribution in [0.25, 0.3) is 6.08 Å². The Hall–Kier alpha value is 0.410. The second kappa shape index (κ2) is 5.16. The Morgan fingerprint density at radius 3 is 2.20 bits per heavy atom. The van der Waals surface area contributed by atoms with Crippen LogP contribution in [-0.2, 0) is 27.5 Å². The molecule has 1 atom stereocenters. The molecule has 2 rings (SSSR count). The van der Waals surface area contributed by atoms with E-state index in [1.54, 1.807) is 0 Å². The third-order valence-corrected chi connectivity index (χ3v) is 4.39. The number of benzene rings is 1. The first kappa shape index (κ1) is 15.4. The maximum Gasteiger partial charge on any atom is -0.147 e. The van der Waals surface area contributed by atoms with Crippen LogP contribution in [-0.4, -0.2) is 0 Å². The van der Waals surface area contributed by atoms with Crippen molar-refractivity contribution in [2.24, 2.45) is 0 Å². The molecule has 0 aliphatic heterocycles. The summed E-state index contributed by atoms with van der Waals surface area (Å²) in [5, 5.41) is 0. The van der Waals surface area contributed by atoms with Crippen molar-refractivity contribution < 1.29 is 24.4 Å². The smallest absolute Gasteiger partial charge is 0.147 e. The van der Waals surface area contributed by atoms with E-state index >= 15 is 0 Å². The normalized spacial score (nSPS) is 21.5. The van der Waals surface area contributed by atoms with Gasteiger partial charge >= 0.3 is 94.9 Å². The third kappa shape index (κ3) is 2.75. The minimum Gasteiger partial charge on any atom is -0.147 e. The molecule has 0 bridgehead atoms. The van der Waals surface area contributed by atoms with Gasteiger partial charge in [-0.1, -0.05) is 0 Å². The molecule has 81 valence electrons. The zero-order valence-corrected chi connectivity index (χ0v) is 14.4. The average Bonchev–Trinajstić information content (AvgIpc) is 2.31. The maximum absolute atomic E-state index is 2.36. The van der Waals surface area contributed by atoms with Crippen molar-refractivity contribution in [3.63, 3.8) is 0 Å². The SMILES string of the molecule is Cc1cc2c(cc1C)[C](C)([Hf])C=C2.Cl.Cl. The molecule has 0 radical (unpaired) electrons. The van der Waals surface area contributed by atoms with Crippen molar-refractivity contribution in [1.29, 1.82) is 0 Å². The molecule has 0 heterocycles. The van der Waals surface area contributed by atoms with E-state index in [-0.39, 0.29) is 24.8 Å². The van der Waals surface area contributed by atoms with Gasteiger partial charge in [-0.3, -0.25) is 0 Å². The Morgan fingerprint density at radius 1 is 1.07 bits per heavy atom. The summed E-state index contributed by atoms with van der Waals surface area (Å²) in [5.74, 6) is 0. The second-order valence-corrected chi connectivity index (χ2v) is 7.79. The van der Waals surface area contributed by atoms with Crippen molar-refractivity contribution in [1.82, 2.24) is 0 Å². The largest absolute Gasteiger partial charge is 0.147 e. The van der Waals surface area contributed by atoms with Crippen LogP contribution < -0.4 is 0 Å². The monoisotopic (exact) mass is 409 g/mol. The van der Waals surface area contributed by atoms with Crippen molar-refractivity contribution in [2.75, 3.05) is 0 Å². The number of hydrogen-bond donors (Lipinski definition) is 0. The van der Waals surface area contributed by atoms with Gasteiger partial charge in [0.2, 0.25) is 0 Å². The van der Waals surface area contributed by atoms with Gasteiger partial charge in [-0.05, 0) is 0 Å². The van der Waals surface area contributed by atoms with Crippen LogP contribution >= 0.6 is 24.8 Å². The molecule has 1 aromatic carbocycles. The van der Waals surface area contributed by atoms with Gasteiger partial charge in [-0.25, -0.2) is 0 Å². The second-order valence-electron chi connectivity index (χ2n) is 4.06. The fraction of sp³-hybridized carbons (Fsp3) is 0.333. The minimum absolute atomic E-state index is 0. The molecule has 0 aromatic heterocycles. The molecule has 1 aliphatic carbocycles. The molecule has 0 N–H and O–H groups in total. The number of rotatable bonds is 0. The molecule has 0 nitrogen and oxygen atoms in total. The summed E-state index contributed by atoms with van der Waals surface area (Å²) >= 11 is 1.20. The Balaban J connectivity index is 0.000000980. The van der Waals surface area contributed by atoms with E-state index in [0.717, 1.165) is 0 Å². The fourth-order valence-corrected chi connectivity index (χ4v) is 2.85. The maximum atomic E-state index is 2.36. The number of halogens is 2. The first-order valence-electron chi connectivity index (χ1n) is 4.57. The average molecular weight is 409 g/mol. The van der Waals surface area contributed by atoms with Crippen molar-refractivity contribution in [3.8, 4) is 0 Å². The van der Waals surface area contributed by atoms with Gasteiger partial charge in [0.1, 0.15) is 0 Å². The van der Waals surface area contributed by atoms with Crippen LogP contribution in [0, 0.1) is 13.8 Å². The predicted octanol–water partition coefficient (Wildman–Crippen LogP) is 3.94. The summed E-state index contributed by atoms with van der Waals surface area (Å²) in [4.78, 5) is 0. The summed E-state index contributed by atoms with van der Waals surface area (Å²) in [7, 11) is 0. The van der Waals surface area contributed by atoms with Gasteiger partial charge in [-0.2, -0.15) is 0 Å². The van der Waals surface area contributed by atoms with Crippen molar-refractivity contribution in [2.45, 2.75) is 23.9 Å². The first-order valence-corrected chi connectivity index (χ1v) is 6.36. The standard InChI is InChI=1S/C12H13.2ClH.Hf/c1-8-4-5-11-6-9(2)10(3)7-12(8)11;;;/h4-7H,1-3H3;2*1H;. The van der Waals surface area contributed by atoms with E-state index in [1.807, 2.05) is 0 Å². The molecule has 15 heavy (non-hydrogen) atoms. The summed E-state index contributed by atoms with van der Waals surface area (Å²) in [6.07, 6.45) is 4.62. The van der Waals surface area contributed by atoms with Crippen LogP contribution in [0.1, 0.15) is 29.2 Å². The van der Waals surface area contributed by atoms with Gasteiger partial charge in [-0.15, -0.1) is 24.8 Å². The van der Waals surface area contributed by atoms with Gasteiger partial charge in [0, 0.05) is 0 Å². The van der Waals surface area contributed by atoms with E-state index in [9.17, 15) is 0 Å². The van der Waals surface area contributed by atoms with Crippen LogP contribution in [0.5, 0.6) is 0 Å². The molecule has 1 aromatic rings. The van der Waals surface area contributed by atoms with E-state index in [2.05, 4.69) is 45.1 Å². The molecular formula is C12H15Cl2Hf. The third-order valence-electron chi connectivity index (χ3n) is 2.82. The molecule has 1 aliphatic rings. The Kier molecular flexibility index (Phi) is 5.30. The predicted molar refractivity (Wildman–Crippen MR) is 66.8 cm³/mol. The molecule has 3 heteroatoms. The molecular weight excluding hydrogens is 394 g/mol. The number of hydrogen-bond acceptors (Lipinski definition) is 0. The Morgan fingerprint density at radius 2 is 1.60 bits per heavy atom. The summed E-state index contributed by atoms with van der Waals surface area (Å²) < 4.78 is 0.369. The van der Waals surface area contributed by atoms with Gasteiger partial charge in [0.05, 0.1) is 0 Å². The Labute approximate surface area is 119 Å². The van der Waals surface area contributed by atoms with Crippen molar-refractivity contribution >= 4 is 30.9 Å². The molecule has 0 saturated carbocycles. The molecule has 1 unspecified atom stereocenters. The van der Waals surface area contributed by atoms with Crippen LogP contribution in [0.4, 0.5) is 0 Å². The van der Waals surface area contributed by atoms with Crippen molar-refractivity contribution in [3.05, 3.63) is 40.5 Å². The summed E-state index contributed by atoms with van der Waals surface area (Å²) in [5.41, 5.74) is 5.79. The van der Waals surface area contributed by atoms with Gasteiger partial charge in [0.15, 0.2) is 0 Å². The number of allylic oxidation sites excluding steroid dienone is 1. The van der Waals surface area contributed by atoms with Crippen LogP contribution in [0.3, 0.4) is 0 Å². The molecule has 0 amide bonds. The van der Waals surface area contributed by atoms with Gasteiger partial charge < -0.3 is 0 Å². The summed E-state index contributed by atoms with van der Waals surface area (Å²) in [6.45, 7) is 6.72. The molecule has 0 saturated heterocycles. The molecule has 0 fully saturated rings. The van der Waals surface area contributed by atoms with E-state index in [1.165, 1.54) is 46.6 Å². The number of aryl methyl sites for hydroxylation is 2. The fourth-order valence-electron chi connectivity index (χ4n) is 1.77.